The predicted octanol–water partition coefficient (Wildman–Crippen LogP) is 1.00. The number of hydrazone groups is 1. The molecule has 7 nitrogen and oxygen atoms in total. The van der Waals surface area contributed by atoms with Gasteiger partial charge in [-0.05, 0) is 38.1 Å². The van der Waals surface area contributed by atoms with Gasteiger partial charge in [0, 0.05) is 17.3 Å². The summed E-state index contributed by atoms with van der Waals surface area (Å²) in [5.41, 5.74) is 9.68. The number of benzene rings is 1. The number of nitrogens with two attached hydrogens (primary N) is 2. The topological polar surface area (TPSA) is 118 Å². The number of rotatable bonds is 9. The fourth-order valence-corrected chi connectivity index (χ4v) is 2.82. The van der Waals surface area contributed by atoms with Crippen LogP contribution >= 0.6 is 0 Å². The molecular formula is C14H26N6OS. The van der Waals surface area contributed by atoms with Crippen molar-refractivity contribution in [3.8, 4) is 0 Å². The Balaban J connectivity index is 3.19. The quantitative estimate of drug-likeness (QED) is 0.201. The molecule has 8 heteroatoms. The third-order valence-electron chi connectivity index (χ3n) is 3.34. The molecule has 0 spiro atoms. The van der Waals surface area contributed by atoms with Gasteiger partial charge in [0.1, 0.15) is 11.0 Å². The summed E-state index contributed by atoms with van der Waals surface area (Å²) in [6, 6.07) is 5.78. The first kappa shape index (κ1) is 18.4. The number of nitrogens with one attached hydrogen (secondary N) is 3. The molecule has 2 atom stereocenters. The zero-order chi connectivity index (χ0) is 16.5. The molecule has 0 heterocycles. The van der Waals surface area contributed by atoms with Crippen molar-refractivity contribution in [2.45, 2.75) is 44.0 Å². The van der Waals surface area contributed by atoms with Gasteiger partial charge in [-0.25, -0.2) is 20.3 Å². The monoisotopic (exact) mass is 326 g/mol. The Hall–Kier alpha value is -1.64. The highest BCUT2D eigenvalue weighted by Gasteiger charge is 2.13. The van der Waals surface area contributed by atoms with E-state index in [1.54, 1.807) is 19.2 Å². The Kier molecular flexibility index (Phi) is 7.86. The summed E-state index contributed by atoms with van der Waals surface area (Å²) < 4.78 is 14.6. The highest BCUT2D eigenvalue weighted by molar-refractivity contribution is 7.83. The van der Waals surface area contributed by atoms with Crippen LogP contribution in [-0.2, 0) is 11.0 Å². The van der Waals surface area contributed by atoms with E-state index >= 15 is 0 Å². The second-order valence-electron chi connectivity index (χ2n) is 4.84. The van der Waals surface area contributed by atoms with Crippen molar-refractivity contribution in [2.75, 3.05) is 12.4 Å². The van der Waals surface area contributed by atoms with Gasteiger partial charge in [-0.2, -0.15) is 0 Å². The molecule has 1 rings (SSSR count). The van der Waals surface area contributed by atoms with E-state index in [4.69, 9.17) is 11.6 Å². The van der Waals surface area contributed by atoms with Crippen LogP contribution in [0.5, 0.6) is 0 Å². The van der Waals surface area contributed by atoms with Gasteiger partial charge in [-0.3, -0.25) is 0 Å². The summed E-state index contributed by atoms with van der Waals surface area (Å²) in [6.07, 6.45) is 3.16. The van der Waals surface area contributed by atoms with Crippen molar-refractivity contribution in [1.29, 1.82) is 0 Å². The fraction of sp³-hybridized carbons (Fsp3) is 0.500. The summed E-state index contributed by atoms with van der Waals surface area (Å²) in [5.74, 6) is 5.45. The number of amidine groups is 1. The van der Waals surface area contributed by atoms with Gasteiger partial charge in [0.15, 0.2) is 5.84 Å². The average Bonchev–Trinajstić information content (AvgIpc) is 2.54. The van der Waals surface area contributed by atoms with Crippen molar-refractivity contribution in [1.82, 2.24) is 10.3 Å². The van der Waals surface area contributed by atoms with Crippen molar-refractivity contribution in [3.63, 3.8) is 0 Å². The van der Waals surface area contributed by atoms with Crippen LogP contribution in [0.1, 0.15) is 38.7 Å². The molecule has 0 radical (unpaired) electrons. The van der Waals surface area contributed by atoms with Crippen LogP contribution in [0.3, 0.4) is 0 Å². The zero-order valence-corrected chi connectivity index (χ0v) is 14.2. The molecule has 0 aliphatic rings. The summed E-state index contributed by atoms with van der Waals surface area (Å²) in [4.78, 5) is 0.627. The molecule has 0 fully saturated rings. The van der Waals surface area contributed by atoms with Crippen LogP contribution < -0.4 is 27.2 Å². The Morgan fingerprint density at radius 1 is 1.41 bits per heavy atom. The molecule has 124 valence electrons. The summed E-state index contributed by atoms with van der Waals surface area (Å²) in [7, 11) is 0.347. The van der Waals surface area contributed by atoms with E-state index in [9.17, 15) is 4.21 Å². The molecule has 0 aromatic heterocycles. The Labute approximate surface area is 134 Å². The molecule has 2 unspecified atom stereocenters. The molecule has 1 aromatic carbocycles. The minimum Gasteiger partial charge on any atom is -0.382 e. The molecule has 22 heavy (non-hydrogen) atoms. The number of hydrogen-bond acceptors (Lipinski definition) is 5. The van der Waals surface area contributed by atoms with Crippen LogP contribution in [0.2, 0.25) is 0 Å². The number of hydrazine groups is 1. The standard InChI is InChI=1S/C14H26N6OS/c1-4-6-10(5-2)18-13-8-7-11(22(21)17-3)9-12(13)14(15)19-20-16/h7-10,17-18,20H,4-6,16H2,1-3H3,(H2,15,19). The van der Waals surface area contributed by atoms with Crippen LogP contribution in [0.4, 0.5) is 5.69 Å². The van der Waals surface area contributed by atoms with Gasteiger partial charge in [0.25, 0.3) is 0 Å². The first-order valence-corrected chi connectivity index (χ1v) is 8.51. The fourth-order valence-electron chi connectivity index (χ4n) is 2.17. The largest absolute Gasteiger partial charge is 0.382 e. The zero-order valence-electron chi connectivity index (χ0n) is 13.3. The van der Waals surface area contributed by atoms with Gasteiger partial charge in [0.2, 0.25) is 0 Å². The lowest BCUT2D eigenvalue weighted by atomic mass is 10.1. The lowest BCUT2D eigenvalue weighted by molar-refractivity contribution is 0.622. The van der Waals surface area contributed by atoms with E-state index in [0.29, 0.717) is 16.5 Å². The van der Waals surface area contributed by atoms with Gasteiger partial charge >= 0.3 is 0 Å². The average molecular weight is 326 g/mol. The second-order valence-corrected chi connectivity index (χ2v) is 6.26. The van der Waals surface area contributed by atoms with Crippen molar-refractivity contribution < 1.29 is 4.21 Å². The molecular weight excluding hydrogens is 300 g/mol. The van der Waals surface area contributed by atoms with Gasteiger partial charge in [-0.15, -0.1) is 5.10 Å². The van der Waals surface area contributed by atoms with Crippen molar-refractivity contribution >= 4 is 22.5 Å². The van der Waals surface area contributed by atoms with Gasteiger partial charge in [0.05, 0.1) is 4.90 Å². The minimum absolute atomic E-state index is 0.242. The highest BCUT2D eigenvalue weighted by atomic mass is 32.2. The summed E-state index contributed by atoms with van der Waals surface area (Å²) in [6.45, 7) is 4.29. The van der Waals surface area contributed by atoms with Crippen molar-refractivity contribution in [3.05, 3.63) is 23.8 Å². The minimum atomic E-state index is -1.29. The normalized spacial score (nSPS) is 14.5. The molecule has 0 bridgehead atoms. The molecule has 0 saturated heterocycles. The molecule has 0 aliphatic heterocycles. The maximum atomic E-state index is 11.9. The van der Waals surface area contributed by atoms with E-state index in [0.717, 1.165) is 24.9 Å². The third kappa shape index (κ3) is 4.97. The van der Waals surface area contributed by atoms with E-state index in [-0.39, 0.29) is 5.84 Å². The summed E-state index contributed by atoms with van der Waals surface area (Å²) >= 11 is 0. The SMILES string of the molecule is CCCC(CC)Nc1ccc(S(=O)NC)cc1/C(N)=N/NN. The lowest BCUT2D eigenvalue weighted by Crippen LogP contribution is -2.26. The van der Waals surface area contributed by atoms with Crippen LogP contribution in [-0.4, -0.2) is 23.1 Å². The van der Waals surface area contributed by atoms with Crippen molar-refractivity contribution in [2.24, 2.45) is 16.7 Å². The van der Waals surface area contributed by atoms with Crippen LogP contribution in [0, 0.1) is 0 Å². The van der Waals surface area contributed by atoms with Crippen LogP contribution in [0.25, 0.3) is 0 Å². The Morgan fingerprint density at radius 2 is 2.14 bits per heavy atom. The van der Waals surface area contributed by atoms with E-state index in [1.807, 2.05) is 6.07 Å². The Morgan fingerprint density at radius 3 is 2.68 bits per heavy atom. The Bertz CT molecular complexity index is 534. The first-order valence-electron chi connectivity index (χ1n) is 7.36. The predicted molar refractivity (Wildman–Crippen MR) is 92.6 cm³/mol. The maximum Gasteiger partial charge on any atom is 0.154 e. The van der Waals surface area contributed by atoms with Gasteiger partial charge in [-0.1, -0.05) is 20.3 Å². The first-order chi connectivity index (χ1) is 10.6. The highest BCUT2D eigenvalue weighted by Crippen LogP contribution is 2.21. The number of anilines is 1. The van der Waals surface area contributed by atoms with Gasteiger partial charge < -0.3 is 11.1 Å². The lowest BCUT2D eigenvalue weighted by Gasteiger charge is -2.20. The van der Waals surface area contributed by atoms with E-state index < -0.39 is 11.0 Å². The van der Waals surface area contributed by atoms with E-state index in [1.165, 1.54) is 0 Å². The molecule has 0 amide bonds. The second kappa shape index (κ2) is 9.39. The molecule has 0 saturated carbocycles. The molecule has 1 aromatic rings. The van der Waals surface area contributed by atoms with Crippen LogP contribution in [0.15, 0.2) is 28.2 Å². The molecule has 0 aliphatic carbocycles. The maximum absolute atomic E-state index is 11.9. The van der Waals surface area contributed by atoms with E-state index in [2.05, 4.69) is 34.5 Å². The smallest absolute Gasteiger partial charge is 0.154 e. The number of hydrogen-bond donors (Lipinski definition) is 5. The third-order valence-corrected chi connectivity index (χ3v) is 4.39. The summed E-state index contributed by atoms with van der Waals surface area (Å²) in [5, 5.41) is 7.30. The number of nitrogens with zero attached hydrogens (tertiary/aromatic N) is 1. The molecule has 7 N–H and O–H groups in total.